The first-order chi connectivity index (χ1) is 10.3. The average Bonchev–Trinajstić information content (AvgIpc) is 3.17. The van der Waals surface area contributed by atoms with Gasteiger partial charge in [-0.1, -0.05) is 5.16 Å². The highest BCUT2D eigenvalue weighted by Gasteiger charge is 2.34. The molecule has 116 valence electrons. The molecule has 1 fully saturated rings. The highest BCUT2D eigenvalue weighted by atomic mass is 32.2. The molecule has 1 aliphatic carbocycles. The molecule has 1 aromatic heterocycles. The predicted molar refractivity (Wildman–Crippen MR) is 71.4 cm³/mol. The molecule has 8 heteroatoms. The summed E-state index contributed by atoms with van der Waals surface area (Å²) in [5, 5.41) is 3.55. The van der Waals surface area contributed by atoms with Gasteiger partial charge in [0.15, 0.2) is 33.0 Å². The summed E-state index contributed by atoms with van der Waals surface area (Å²) in [4.78, 5) is 11.6. The van der Waals surface area contributed by atoms with Gasteiger partial charge in [0, 0.05) is 17.7 Å². The van der Waals surface area contributed by atoms with E-state index in [0.29, 0.717) is 5.76 Å². The quantitative estimate of drug-likeness (QED) is 0.806. The van der Waals surface area contributed by atoms with Gasteiger partial charge in [-0.15, -0.1) is 0 Å². The Labute approximate surface area is 124 Å². The Kier molecular flexibility index (Phi) is 3.36. The number of carbonyl (C=O) groups excluding carboxylic acids is 1. The third kappa shape index (κ3) is 2.43. The van der Waals surface area contributed by atoms with Crippen LogP contribution in [-0.2, 0) is 9.84 Å². The molecule has 0 aliphatic heterocycles. The highest BCUT2D eigenvalue weighted by Crippen LogP contribution is 2.42. The minimum atomic E-state index is -4.13. The molecule has 1 aromatic carbocycles. The minimum Gasteiger partial charge on any atom is -0.360 e. The van der Waals surface area contributed by atoms with Crippen LogP contribution in [0.4, 0.5) is 8.78 Å². The van der Waals surface area contributed by atoms with E-state index in [4.69, 9.17) is 4.52 Å². The van der Waals surface area contributed by atoms with Crippen LogP contribution in [0.1, 0.15) is 40.4 Å². The molecule has 1 heterocycles. The monoisotopic (exact) mass is 327 g/mol. The second-order valence-corrected chi connectivity index (χ2v) is 7.17. The Balaban J connectivity index is 2.18. The molecule has 2 aromatic rings. The molecule has 0 unspecified atom stereocenters. The molecule has 0 amide bonds. The van der Waals surface area contributed by atoms with Gasteiger partial charge in [0.2, 0.25) is 0 Å². The maximum Gasteiger partial charge on any atom is 0.199 e. The van der Waals surface area contributed by atoms with Gasteiger partial charge in [0.25, 0.3) is 0 Å². The van der Waals surface area contributed by atoms with Crippen molar-refractivity contribution in [3.05, 3.63) is 46.9 Å². The van der Waals surface area contributed by atoms with Crippen molar-refractivity contribution in [1.82, 2.24) is 5.16 Å². The number of sulfone groups is 1. The fraction of sp³-hybridized carbons (Fsp3) is 0.286. The van der Waals surface area contributed by atoms with Crippen molar-refractivity contribution in [3.63, 3.8) is 0 Å². The summed E-state index contributed by atoms with van der Waals surface area (Å²) in [6.45, 7) is 0. The van der Waals surface area contributed by atoms with Crippen LogP contribution in [0.3, 0.4) is 0 Å². The SMILES string of the molecule is CS(=O)(=O)c1c(C(=O)c2cnoc2C2CC2)ccc(F)c1F. The number of benzene rings is 1. The van der Waals surface area contributed by atoms with Crippen LogP contribution in [0.15, 0.2) is 27.7 Å². The van der Waals surface area contributed by atoms with E-state index < -0.39 is 37.7 Å². The second-order valence-electron chi connectivity index (χ2n) is 5.22. The first-order valence-corrected chi connectivity index (χ1v) is 8.37. The van der Waals surface area contributed by atoms with Crippen molar-refractivity contribution in [2.75, 3.05) is 6.26 Å². The van der Waals surface area contributed by atoms with Gasteiger partial charge >= 0.3 is 0 Å². The molecule has 0 saturated heterocycles. The molecule has 3 rings (SSSR count). The standard InChI is InChI=1S/C14H11F2NO4S/c1-22(19,20)14-8(4-5-10(15)11(14)16)12(18)9-6-17-21-13(9)7-2-3-7/h4-7H,2-3H2,1H3. The van der Waals surface area contributed by atoms with Crippen molar-refractivity contribution in [2.45, 2.75) is 23.7 Å². The number of halogens is 2. The first kappa shape index (κ1) is 14.8. The molecular formula is C14H11F2NO4S. The van der Waals surface area contributed by atoms with E-state index in [2.05, 4.69) is 5.16 Å². The largest absolute Gasteiger partial charge is 0.360 e. The van der Waals surface area contributed by atoms with E-state index in [1.54, 1.807) is 0 Å². The number of carbonyl (C=O) groups is 1. The summed E-state index contributed by atoms with van der Waals surface area (Å²) in [7, 11) is -4.13. The molecular weight excluding hydrogens is 316 g/mol. The third-order valence-corrected chi connectivity index (χ3v) is 4.60. The molecule has 5 nitrogen and oxygen atoms in total. The van der Waals surface area contributed by atoms with E-state index in [1.807, 2.05) is 0 Å². The van der Waals surface area contributed by atoms with Crippen LogP contribution in [-0.4, -0.2) is 25.6 Å². The van der Waals surface area contributed by atoms with Gasteiger partial charge in [-0.2, -0.15) is 0 Å². The van der Waals surface area contributed by atoms with Crippen molar-refractivity contribution in [1.29, 1.82) is 0 Å². The van der Waals surface area contributed by atoms with Crippen LogP contribution < -0.4 is 0 Å². The Morgan fingerprint density at radius 1 is 1.27 bits per heavy atom. The Bertz CT molecular complexity index is 869. The fourth-order valence-electron chi connectivity index (χ4n) is 2.28. The van der Waals surface area contributed by atoms with Crippen LogP contribution in [0.5, 0.6) is 0 Å². The molecule has 0 spiro atoms. The lowest BCUT2D eigenvalue weighted by Crippen LogP contribution is -2.13. The lowest BCUT2D eigenvalue weighted by molar-refractivity contribution is 0.103. The smallest absolute Gasteiger partial charge is 0.199 e. The van der Waals surface area contributed by atoms with Crippen LogP contribution in [0.2, 0.25) is 0 Å². The fourth-order valence-corrected chi connectivity index (χ4v) is 3.26. The molecule has 0 atom stereocenters. The van der Waals surface area contributed by atoms with E-state index in [9.17, 15) is 22.0 Å². The average molecular weight is 327 g/mol. The summed E-state index contributed by atoms with van der Waals surface area (Å²) in [6.07, 6.45) is 3.57. The van der Waals surface area contributed by atoms with E-state index in [0.717, 1.165) is 31.2 Å². The molecule has 0 N–H and O–H groups in total. The number of hydrogen-bond donors (Lipinski definition) is 0. The Hall–Kier alpha value is -2.09. The molecule has 1 aliphatic rings. The Morgan fingerprint density at radius 3 is 2.55 bits per heavy atom. The van der Waals surface area contributed by atoms with Crippen molar-refractivity contribution in [3.8, 4) is 0 Å². The van der Waals surface area contributed by atoms with Gasteiger partial charge in [-0.25, -0.2) is 17.2 Å². The zero-order valence-corrected chi connectivity index (χ0v) is 12.3. The van der Waals surface area contributed by atoms with Crippen LogP contribution in [0.25, 0.3) is 0 Å². The number of nitrogens with zero attached hydrogens (tertiary/aromatic N) is 1. The summed E-state index contributed by atoms with van der Waals surface area (Å²) in [6, 6.07) is 1.68. The number of aromatic nitrogens is 1. The van der Waals surface area contributed by atoms with Crippen LogP contribution in [0, 0.1) is 11.6 Å². The van der Waals surface area contributed by atoms with Gasteiger partial charge in [0.1, 0.15) is 4.90 Å². The van der Waals surface area contributed by atoms with Crippen molar-refractivity contribution >= 4 is 15.6 Å². The molecule has 0 bridgehead atoms. The van der Waals surface area contributed by atoms with E-state index >= 15 is 0 Å². The zero-order chi connectivity index (χ0) is 16.1. The van der Waals surface area contributed by atoms with E-state index in [-0.39, 0.29) is 11.5 Å². The maximum absolute atomic E-state index is 13.9. The summed E-state index contributed by atoms with van der Waals surface area (Å²) in [5.74, 6) is -3.22. The molecule has 1 saturated carbocycles. The lowest BCUT2D eigenvalue weighted by atomic mass is 10.0. The predicted octanol–water partition coefficient (Wildman–Crippen LogP) is 2.46. The minimum absolute atomic E-state index is 0.0634. The topological polar surface area (TPSA) is 77.2 Å². The summed E-state index contributed by atoms with van der Waals surface area (Å²) in [5.41, 5.74) is -0.343. The van der Waals surface area contributed by atoms with E-state index in [1.165, 1.54) is 6.20 Å². The lowest BCUT2D eigenvalue weighted by Gasteiger charge is -2.08. The van der Waals surface area contributed by atoms with Crippen molar-refractivity contribution < 1.29 is 26.5 Å². The maximum atomic E-state index is 13.9. The van der Waals surface area contributed by atoms with Gasteiger partial charge in [0.05, 0.1) is 11.8 Å². The normalized spacial score (nSPS) is 15.0. The third-order valence-electron chi connectivity index (χ3n) is 3.46. The molecule has 22 heavy (non-hydrogen) atoms. The number of hydrogen-bond acceptors (Lipinski definition) is 5. The molecule has 0 radical (unpaired) electrons. The summed E-state index contributed by atoms with van der Waals surface area (Å²) < 4.78 is 55.7. The Morgan fingerprint density at radius 2 is 1.95 bits per heavy atom. The second kappa shape index (κ2) is 4.98. The van der Waals surface area contributed by atoms with Crippen molar-refractivity contribution in [2.24, 2.45) is 0 Å². The number of ketones is 1. The zero-order valence-electron chi connectivity index (χ0n) is 11.5. The van der Waals surface area contributed by atoms with Gasteiger partial charge in [-0.05, 0) is 25.0 Å². The summed E-state index contributed by atoms with van der Waals surface area (Å²) >= 11 is 0. The van der Waals surface area contributed by atoms with Gasteiger partial charge in [-0.3, -0.25) is 4.79 Å². The van der Waals surface area contributed by atoms with Crippen LogP contribution >= 0.6 is 0 Å². The highest BCUT2D eigenvalue weighted by molar-refractivity contribution is 7.90. The first-order valence-electron chi connectivity index (χ1n) is 6.48. The number of rotatable bonds is 4. The van der Waals surface area contributed by atoms with Gasteiger partial charge < -0.3 is 4.52 Å².